The lowest BCUT2D eigenvalue weighted by molar-refractivity contribution is 0.509. The first kappa shape index (κ1) is 16.0. The van der Waals surface area contributed by atoms with Crippen molar-refractivity contribution in [3.63, 3.8) is 0 Å². The highest BCUT2D eigenvalue weighted by molar-refractivity contribution is 9.10. The Bertz CT molecular complexity index is 361. The molecular formula is C14H22BrNOS. The molecule has 102 valence electrons. The highest BCUT2D eigenvalue weighted by Gasteiger charge is 2.29. The van der Waals surface area contributed by atoms with Crippen LogP contribution in [0.3, 0.4) is 0 Å². The van der Waals surface area contributed by atoms with Gasteiger partial charge in [-0.1, -0.05) is 41.4 Å². The Morgan fingerprint density at radius 1 is 1.28 bits per heavy atom. The Balaban J connectivity index is 2.80. The third-order valence-corrected chi connectivity index (χ3v) is 4.79. The molecule has 0 spiro atoms. The summed E-state index contributed by atoms with van der Waals surface area (Å²) >= 11 is 2.40. The molecule has 2 atom stereocenters. The SMILES string of the molecule is CCCC(N[S+]([O-])C(C)(C)C)c1ccc(Br)cc1. The van der Waals surface area contributed by atoms with Crippen molar-refractivity contribution in [2.24, 2.45) is 0 Å². The quantitative estimate of drug-likeness (QED) is 0.814. The van der Waals surface area contributed by atoms with Crippen molar-refractivity contribution in [2.45, 2.75) is 51.3 Å². The number of nitrogens with one attached hydrogen (secondary N) is 1. The molecule has 0 aromatic heterocycles. The molecular weight excluding hydrogens is 310 g/mol. The monoisotopic (exact) mass is 331 g/mol. The zero-order valence-electron chi connectivity index (χ0n) is 11.5. The van der Waals surface area contributed by atoms with Crippen molar-refractivity contribution in [3.8, 4) is 0 Å². The van der Waals surface area contributed by atoms with Crippen molar-refractivity contribution in [3.05, 3.63) is 34.3 Å². The molecule has 4 heteroatoms. The highest BCUT2D eigenvalue weighted by atomic mass is 79.9. The Kier molecular flexibility index (Phi) is 6.18. The van der Waals surface area contributed by atoms with Crippen molar-refractivity contribution in [2.75, 3.05) is 0 Å². The first-order valence-electron chi connectivity index (χ1n) is 6.28. The van der Waals surface area contributed by atoms with Crippen molar-refractivity contribution >= 4 is 27.3 Å². The zero-order chi connectivity index (χ0) is 13.8. The molecule has 0 aliphatic carbocycles. The lowest BCUT2D eigenvalue weighted by Gasteiger charge is -2.28. The summed E-state index contributed by atoms with van der Waals surface area (Å²) in [4.78, 5) is 0. The largest absolute Gasteiger partial charge is 0.598 e. The van der Waals surface area contributed by atoms with E-state index in [1.54, 1.807) is 0 Å². The summed E-state index contributed by atoms with van der Waals surface area (Å²) in [6.45, 7) is 8.11. The topological polar surface area (TPSA) is 35.1 Å². The fourth-order valence-corrected chi connectivity index (χ4v) is 2.71. The van der Waals surface area contributed by atoms with Gasteiger partial charge in [0.1, 0.15) is 4.75 Å². The second-order valence-corrected chi connectivity index (χ2v) is 8.31. The lowest BCUT2D eigenvalue weighted by Crippen LogP contribution is -2.41. The van der Waals surface area contributed by atoms with Gasteiger partial charge in [0.15, 0.2) is 0 Å². The molecule has 2 unspecified atom stereocenters. The normalized spacial score (nSPS) is 15.4. The molecule has 0 fully saturated rings. The molecule has 1 rings (SSSR count). The van der Waals surface area contributed by atoms with Gasteiger partial charge in [0.05, 0.1) is 6.04 Å². The van der Waals surface area contributed by atoms with Gasteiger partial charge in [-0.15, -0.1) is 4.72 Å². The van der Waals surface area contributed by atoms with Gasteiger partial charge in [-0.3, -0.25) is 0 Å². The minimum Gasteiger partial charge on any atom is -0.598 e. The van der Waals surface area contributed by atoms with E-state index >= 15 is 0 Å². The molecule has 1 aromatic carbocycles. The summed E-state index contributed by atoms with van der Waals surface area (Å²) in [6.07, 6.45) is 2.05. The minimum absolute atomic E-state index is 0.156. The van der Waals surface area contributed by atoms with E-state index in [-0.39, 0.29) is 10.8 Å². The van der Waals surface area contributed by atoms with E-state index in [0.29, 0.717) is 0 Å². The Labute approximate surface area is 122 Å². The average Bonchev–Trinajstić information content (AvgIpc) is 2.28. The third-order valence-electron chi connectivity index (χ3n) is 2.66. The molecule has 2 nitrogen and oxygen atoms in total. The highest BCUT2D eigenvalue weighted by Crippen LogP contribution is 2.24. The van der Waals surface area contributed by atoms with Crippen molar-refractivity contribution in [1.82, 2.24) is 4.72 Å². The van der Waals surface area contributed by atoms with Crippen LogP contribution in [-0.2, 0) is 11.4 Å². The van der Waals surface area contributed by atoms with Crippen LogP contribution < -0.4 is 4.72 Å². The van der Waals surface area contributed by atoms with E-state index in [0.717, 1.165) is 17.3 Å². The summed E-state index contributed by atoms with van der Waals surface area (Å²) < 4.78 is 16.3. The molecule has 1 aromatic rings. The van der Waals surface area contributed by atoms with E-state index in [9.17, 15) is 4.55 Å². The van der Waals surface area contributed by atoms with Gasteiger partial charge in [0, 0.05) is 15.8 Å². The van der Waals surface area contributed by atoms with E-state index < -0.39 is 11.4 Å². The lowest BCUT2D eigenvalue weighted by atomic mass is 10.0. The predicted molar refractivity (Wildman–Crippen MR) is 82.8 cm³/mol. The molecule has 0 heterocycles. The van der Waals surface area contributed by atoms with Crippen LogP contribution in [0.15, 0.2) is 28.7 Å². The second kappa shape index (κ2) is 6.94. The van der Waals surface area contributed by atoms with Gasteiger partial charge >= 0.3 is 0 Å². The molecule has 0 amide bonds. The molecule has 0 aliphatic rings. The molecule has 1 N–H and O–H groups in total. The van der Waals surface area contributed by atoms with Crippen LogP contribution in [0.5, 0.6) is 0 Å². The molecule has 0 radical (unpaired) electrons. The van der Waals surface area contributed by atoms with Crippen LogP contribution in [-0.4, -0.2) is 9.30 Å². The van der Waals surface area contributed by atoms with Gasteiger partial charge < -0.3 is 4.55 Å². The molecule has 0 bridgehead atoms. The minimum atomic E-state index is -1.04. The number of hydrogen-bond acceptors (Lipinski definition) is 2. The maximum Gasteiger partial charge on any atom is 0.136 e. The second-order valence-electron chi connectivity index (χ2n) is 5.39. The summed E-state index contributed by atoms with van der Waals surface area (Å²) in [7, 11) is 0. The van der Waals surface area contributed by atoms with Crippen LogP contribution in [0.25, 0.3) is 0 Å². The Morgan fingerprint density at radius 3 is 2.28 bits per heavy atom. The average molecular weight is 332 g/mol. The smallest absolute Gasteiger partial charge is 0.136 e. The van der Waals surface area contributed by atoms with Crippen LogP contribution in [0.1, 0.15) is 52.1 Å². The van der Waals surface area contributed by atoms with Crippen LogP contribution in [0, 0.1) is 0 Å². The van der Waals surface area contributed by atoms with E-state index in [4.69, 9.17) is 0 Å². The summed E-state index contributed by atoms with van der Waals surface area (Å²) in [6, 6.07) is 8.37. The maximum atomic E-state index is 12.2. The Morgan fingerprint density at radius 2 is 1.83 bits per heavy atom. The third kappa shape index (κ3) is 4.92. The van der Waals surface area contributed by atoms with Crippen LogP contribution in [0.4, 0.5) is 0 Å². The number of hydrogen-bond donors (Lipinski definition) is 1. The molecule has 18 heavy (non-hydrogen) atoms. The number of rotatable bonds is 5. The summed E-state index contributed by atoms with van der Waals surface area (Å²) in [5.74, 6) is 0. The van der Waals surface area contributed by atoms with Crippen molar-refractivity contribution < 1.29 is 4.55 Å². The van der Waals surface area contributed by atoms with Crippen molar-refractivity contribution in [1.29, 1.82) is 0 Å². The van der Waals surface area contributed by atoms with Crippen LogP contribution >= 0.6 is 15.9 Å². The Hall–Kier alpha value is -0.0300. The maximum absolute atomic E-state index is 12.2. The molecule has 0 aliphatic heterocycles. The van der Waals surface area contributed by atoms with E-state index in [1.165, 1.54) is 5.56 Å². The van der Waals surface area contributed by atoms with E-state index in [2.05, 4.69) is 39.7 Å². The van der Waals surface area contributed by atoms with Gasteiger partial charge in [-0.2, -0.15) is 0 Å². The summed E-state index contributed by atoms with van der Waals surface area (Å²) in [5, 5.41) is 0. The van der Waals surface area contributed by atoms with Gasteiger partial charge in [-0.05, 0) is 44.9 Å². The first-order chi connectivity index (χ1) is 8.34. The first-order valence-corrected chi connectivity index (χ1v) is 8.22. The van der Waals surface area contributed by atoms with Crippen LogP contribution in [0.2, 0.25) is 0 Å². The molecule has 0 saturated carbocycles. The number of benzene rings is 1. The molecule has 0 saturated heterocycles. The van der Waals surface area contributed by atoms with E-state index in [1.807, 2.05) is 32.9 Å². The van der Waals surface area contributed by atoms with Gasteiger partial charge in [0.25, 0.3) is 0 Å². The fraction of sp³-hybridized carbons (Fsp3) is 0.571. The number of halogens is 1. The summed E-state index contributed by atoms with van der Waals surface area (Å²) in [5.41, 5.74) is 1.19. The standard InChI is InChI=1S/C14H22BrNOS/c1-5-6-13(16-18(17)14(2,3)4)11-7-9-12(15)10-8-11/h7-10,13,16H,5-6H2,1-4H3. The fourth-order valence-electron chi connectivity index (χ4n) is 1.58. The van der Waals surface area contributed by atoms with Gasteiger partial charge in [0.2, 0.25) is 0 Å². The zero-order valence-corrected chi connectivity index (χ0v) is 13.9. The van der Waals surface area contributed by atoms with Gasteiger partial charge in [-0.25, -0.2) is 0 Å². The predicted octanol–water partition coefficient (Wildman–Crippen LogP) is 4.34.